The van der Waals surface area contributed by atoms with Gasteiger partial charge in [0, 0.05) is 24.4 Å². The number of carbonyl (C=O) groups is 2. The summed E-state index contributed by atoms with van der Waals surface area (Å²) < 4.78 is 0. The van der Waals surface area contributed by atoms with Crippen molar-refractivity contribution in [1.82, 2.24) is 4.90 Å². The van der Waals surface area contributed by atoms with E-state index in [-0.39, 0.29) is 29.8 Å². The minimum absolute atomic E-state index is 0.00546. The van der Waals surface area contributed by atoms with Crippen molar-refractivity contribution in [3.63, 3.8) is 0 Å². The molecule has 0 aromatic heterocycles. The summed E-state index contributed by atoms with van der Waals surface area (Å²) in [6.45, 7) is 1.81. The molecule has 1 saturated carbocycles. The van der Waals surface area contributed by atoms with Gasteiger partial charge in [-0.2, -0.15) is 0 Å². The van der Waals surface area contributed by atoms with Gasteiger partial charge < -0.3 is 5.73 Å². The quantitative estimate of drug-likeness (QED) is 0.612. The maximum absolute atomic E-state index is 11.7. The number of likely N-dealkylation sites (tertiary alicyclic amines) is 1. The zero-order valence-corrected chi connectivity index (χ0v) is 8.40. The van der Waals surface area contributed by atoms with Crippen LogP contribution in [0.1, 0.15) is 32.6 Å². The van der Waals surface area contributed by atoms with Gasteiger partial charge in [0.1, 0.15) is 0 Å². The SMILES string of the molecule is CC1CC(=O)N(C2CCC(N)C2)C1=O. The summed E-state index contributed by atoms with van der Waals surface area (Å²) in [4.78, 5) is 24.7. The molecule has 0 bridgehead atoms. The molecule has 2 rings (SSSR count). The van der Waals surface area contributed by atoms with Crippen LogP contribution in [0.5, 0.6) is 0 Å². The molecule has 0 aromatic rings. The highest BCUT2D eigenvalue weighted by atomic mass is 16.2. The van der Waals surface area contributed by atoms with E-state index >= 15 is 0 Å². The Morgan fingerprint density at radius 3 is 2.50 bits per heavy atom. The van der Waals surface area contributed by atoms with Crippen LogP contribution in [0.4, 0.5) is 0 Å². The van der Waals surface area contributed by atoms with Crippen molar-refractivity contribution in [3.8, 4) is 0 Å². The van der Waals surface area contributed by atoms with Crippen LogP contribution in [0.25, 0.3) is 0 Å². The molecule has 4 nitrogen and oxygen atoms in total. The average molecular weight is 196 g/mol. The number of hydrogen-bond acceptors (Lipinski definition) is 3. The second-order valence-corrected chi connectivity index (χ2v) is 4.43. The van der Waals surface area contributed by atoms with E-state index in [1.165, 1.54) is 4.90 Å². The van der Waals surface area contributed by atoms with E-state index in [0.717, 1.165) is 19.3 Å². The molecule has 1 heterocycles. The highest BCUT2D eigenvalue weighted by Gasteiger charge is 2.41. The van der Waals surface area contributed by atoms with Gasteiger partial charge in [-0.25, -0.2) is 0 Å². The van der Waals surface area contributed by atoms with Gasteiger partial charge in [0.2, 0.25) is 11.8 Å². The fourth-order valence-corrected chi connectivity index (χ4v) is 2.42. The van der Waals surface area contributed by atoms with Crippen LogP contribution in [0, 0.1) is 5.92 Å². The summed E-state index contributed by atoms with van der Waals surface area (Å²) in [7, 11) is 0. The monoisotopic (exact) mass is 196 g/mol. The summed E-state index contributed by atoms with van der Waals surface area (Å²) in [5, 5.41) is 0. The molecule has 0 aromatic carbocycles. The fraction of sp³-hybridized carbons (Fsp3) is 0.800. The lowest BCUT2D eigenvalue weighted by molar-refractivity contribution is -0.141. The van der Waals surface area contributed by atoms with Crippen LogP contribution in [0.3, 0.4) is 0 Å². The predicted octanol–water partition coefficient (Wildman–Crippen LogP) is 0.261. The zero-order chi connectivity index (χ0) is 10.3. The Morgan fingerprint density at radius 1 is 1.36 bits per heavy atom. The molecule has 2 fully saturated rings. The first-order chi connectivity index (χ1) is 6.59. The van der Waals surface area contributed by atoms with E-state index < -0.39 is 0 Å². The zero-order valence-electron chi connectivity index (χ0n) is 8.40. The third-order valence-corrected chi connectivity index (χ3v) is 3.22. The molecule has 1 aliphatic carbocycles. The van der Waals surface area contributed by atoms with Crippen LogP contribution >= 0.6 is 0 Å². The van der Waals surface area contributed by atoms with Crippen LogP contribution in [0.2, 0.25) is 0 Å². The first-order valence-electron chi connectivity index (χ1n) is 5.21. The van der Waals surface area contributed by atoms with Crippen molar-refractivity contribution in [3.05, 3.63) is 0 Å². The molecule has 2 aliphatic rings. The summed E-state index contributed by atoms with van der Waals surface area (Å²) in [6, 6.07) is 0.242. The van der Waals surface area contributed by atoms with Crippen molar-refractivity contribution < 1.29 is 9.59 Å². The molecule has 4 heteroatoms. The van der Waals surface area contributed by atoms with Crippen LogP contribution in [0.15, 0.2) is 0 Å². The molecule has 14 heavy (non-hydrogen) atoms. The molecule has 0 spiro atoms. The van der Waals surface area contributed by atoms with Gasteiger partial charge in [-0.3, -0.25) is 14.5 Å². The Morgan fingerprint density at radius 2 is 2.07 bits per heavy atom. The lowest BCUT2D eigenvalue weighted by Crippen LogP contribution is -2.39. The molecular weight excluding hydrogens is 180 g/mol. The van der Waals surface area contributed by atoms with E-state index in [4.69, 9.17) is 5.73 Å². The molecule has 2 N–H and O–H groups in total. The maximum atomic E-state index is 11.7. The lowest BCUT2D eigenvalue weighted by atomic mass is 10.1. The number of nitrogens with two attached hydrogens (primary N) is 1. The van der Waals surface area contributed by atoms with Gasteiger partial charge in [-0.15, -0.1) is 0 Å². The molecule has 78 valence electrons. The molecule has 2 amide bonds. The summed E-state index contributed by atoms with van der Waals surface area (Å²) in [6.07, 6.45) is 2.97. The molecular formula is C10H16N2O2. The van der Waals surface area contributed by atoms with E-state index in [0.29, 0.717) is 6.42 Å². The molecule has 1 saturated heterocycles. The summed E-state index contributed by atoms with van der Waals surface area (Å²) >= 11 is 0. The van der Waals surface area contributed by atoms with E-state index in [1.807, 2.05) is 6.92 Å². The summed E-state index contributed by atoms with van der Waals surface area (Å²) in [5.74, 6) is -0.143. The third-order valence-electron chi connectivity index (χ3n) is 3.22. The number of rotatable bonds is 1. The first kappa shape index (κ1) is 9.65. The van der Waals surface area contributed by atoms with Gasteiger partial charge in [-0.1, -0.05) is 6.92 Å². The second-order valence-electron chi connectivity index (χ2n) is 4.43. The summed E-state index contributed by atoms with van der Waals surface area (Å²) in [5.41, 5.74) is 5.77. The van der Waals surface area contributed by atoms with Crippen LogP contribution in [-0.4, -0.2) is 28.8 Å². The van der Waals surface area contributed by atoms with Crippen LogP contribution < -0.4 is 5.73 Å². The minimum atomic E-state index is -0.126. The Balaban J connectivity index is 2.10. The highest BCUT2D eigenvalue weighted by molar-refractivity contribution is 6.03. The van der Waals surface area contributed by atoms with E-state index in [1.54, 1.807) is 0 Å². The number of amides is 2. The van der Waals surface area contributed by atoms with Gasteiger partial charge in [0.05, 0.1) is 0 Å². The average Bonchev–Trinajstić information content (AvgIpc) is 2.60. The van der Waals surface area contributed by atoms with Crippen molar-refractivity contribution in [2.24, 2.45) is 11.7 Å². The first-order valence-corrected chi connectivity index (χ1v) is 5.21. The third kappa shape index (κ3) is 1.43. The number of hydrogen-bond donors (Lipinski definition) is 1. The maximum Gasteiger partial charge on any atom is 0.232 e. The topological polar surface area (TPSA) is 63.4 Å². The van der Waals surface area contributed by atoms with Gasteiger partial charge in [-0.05, 0) is 19.3 Å². The van der Waals surface area contributed by atoms with Crippen LogP contribution in [-0.2, 0) is 9.59 Å². The Bertz CT molecular complexity index is 277. The molecule has 1 aliphatic heterocycles. The highest BCUT2D eigenvalue weighted by Crippen LogP contribution is 2.29. The van der Waals surface area contributed by atoms with Crippen molar-refractivity contribution in [1.29, 1.82) is 0 Å². The minimum Gasteiger partial charge on any atom is -0.328 e. The van der Waals surface area contributed by atoms with Gasteiger partial charge in [0.15, 0.2) is 0 Å². The van der Waals surface area contributed by atoms with Gasteiger partial charge >= 0.3 is 0 Å². The van der Waals surface area contributed by atoms with Crippen molar-refractivity contribution >= 4 is 11.8 Å². The molecule has 0 radical (unpaired) electrons. The Kier molecular flexibility index (Phi) is 2.31. The molecule has 3 atom stereocenters. The van der Waals surface area contributed by atoms with Gasteiger partial charge in [0.25, 0.3) is 0 Å². The fourth-order valence-electron chi connectivity index (χ4n) is 2.42. The Labute approximate surface area is 83.4 Å². The number of carbonyl (C=O) groups excluding carboxylic acids is 2. The van der Waals surface area contributed by atoms with E-state index in [2.05, 4.69) is 0 Å². The lowest BCUT2D eigenvalue weighted by Gasteiger charge is -2.21. The normalized spacial score (nSPS) is 38.4. The predicted molar refractivity (Wildman–Crippen MR) is 51.2 cm³/mol. The van der Waals surface area contributed by atoms with E-state index in [9.17, 15) is 9.59 Å². The number of nitrogens with zero attached hydrogens (tertiary/aromatic N) is 1. The molecule has 3 unspecified atom stereocenters. The Hall–Kier alpha value is -0.900. The largest absolute Gasteiger partial charge is 0.328 e. The smallest absolute Gasteiger partial charge is 0.232 e. The second kappa shape index (κ2) is 3.35. The standard InChI is InChI=1S/C10H16N2O2/c1-6-4-9(13)12(10(6)14)8-3-2-7(11)5-8/h6-8H,2-5,11H2,1H3. The van der Waals surface area contributed by atoms with Crippen molar-refractivity contribution in [2.45, 2.75) is 44.7 Å². The van der Waals surface area contributed by atoms with Crippen molar-refractivity contribution in [2.75, 3.05) is 0 Å². The number of imide groups is 1.